The third kappa shape index (κ3) is 8.45. The number of nitrogens with zero attached hydrogens (tertiary/aromatic N) is 2. The second kappa shape index (κ2) is 13.8. The van der Waals surface area contributed by atoms with Crippen molar-refractivity contribution in [3.05, 3.63) is 60.2 Å². The Balaban J connectivity index is 2.24. The van der Waals surface area contributed by atoms with E-state index in [1.54, 1.807) is 42.1 Å². The van der Waals surface area contributed by atoms with Crippen molar-refractivity contribution < 1.29 is 24.4 Å². The number of hydroxylamine groups is 1. The highest BCUT2D eigenvalue weighted by Gasteiger charge is 2.36. The third-order valence-corrected chi connectivity index (χ3v) is 5.47. The smallest absolute Gasteiger partial charge is 0.252 e. The second-order valence-electron chi connectivity index (χ2n) is 8.51. The zero-order valence-electron chi connectivity index (χ0n) is 20.0. The van der Waals surface area contributed by atoms with E-state index in [9.17, 15) is 24.4 Å². The molecule has 0 aliphatic rings. The molecule has 0 saturated carbocycles. The van der Waals surface area contributed by atoms with Crippen molar-refractivity contribution in [3.63, 3.8) is 0 Å². The molecule has 0 radical (unpaired) electrons. The van der Waals surface area contributed by atoms with E-state index in [0.29, 0.717) is 0 Å². The van der Waals surface area contributed by atoms with Crippen LogP contribution in [0.15, 0.2) is 49.1 Å². The number of aromatic nitrogens is 2. The Labute approximate surface area is 204 Å². The predicted molar refractivity (Wildman–Crippen MR) is 127 cm³/mol. The molecule has 0 bridgehead atoms. The summed E-state index contributed by atoms with van der Waals surface area (Å²) in [5.41, 5.74) is 2.68. The van der Waals surface area contributed by atoms with Gasteiger partial charge in [-0.15, -0.1) is 0 Å². The van der Waals surface area contributed by atoms with Crippen LogP contribution in [0.3, 0.4) is 0 Å². The molecule has 11 heteroatoms. The lowest BCUT2D eigenvalue weighted by Crippen LogP contribution is -2.52. The van der Waals surface area contributed by atoms with Gasteiger partial charge in [0.2, 0.25) is 17.7 Å². The highest BCUT2D eigenvalue weighted by molar-refractivity contribution is 5.95. The molecule has 0 aliphatic heterocycles. The van der Waals surface area contributed by atoms with Crippen molar-refractivity contribution in [3.8, 4) is 0 Å². The van der Waals surface area contributed by atoms with Crippen molar-refractivity contribution in [2.45, 2.75) is 32.7 Å². The summed E-state index contributed by atoms with van der Waals surface area (Å²) in [6.07, 6.45) is 6.58. The number of rotatable bonds is 12. The number of hydrogen-bond donors (Lipinski definition) is 5. The fraction of sp³-hybridized carbons (Fsp3) is 0.417. The minimum Gasteiger partial charge on any atom is -0.357 e. The molecule has 0 fully saturated rings. The maximum atomic E-state index is 13.4. The zero-order chi connectivity index (χ0) is 25.8. The number of pyridine rings is 2. The first-order valence-electron chi connectivity index (χ1n) is 11.3. The average molecular weight is 485 g/mol. The van der Waals surface area contributed by atoms with Gasteiger partial charge in [-0.3, -0.25) is 34.4 Å². The van der Waals surface area contributed by atoms with Crippen molar-refractivity contribution in [1.29, 1.82) is 0 Å². The first kappa shape index (κ1) is 27.4. The molecule has 5 N–H and O–H groups in total. The van der Waals surface area contributed by atoms with Crippen molar-refractivity contribution in [2.24, 2.45) is 17.8 Å². The molecule has 0 spiro atoms. The van der Waals surface area contributed by atoms with E-state index in [1.807, 2.05) is 13.8 Å². The summed E-state index contributed by atoms with van der Waals surface area (Å²) >= 11 is 0. The lowest BCUT2D eigenvalue weighted by molar-refractivity contribution is -0.141. The molecule has 0 aromatic carbocycles. The van der Waals surface area contributed by atoms with E-state index in [4.69, 9.17) is 0 Å². The first-order chi connectivity index (χ1) is 16.8. The van der Waals surface area contributed by atoms with Gasteiger partial charge >= 0.3 is 0 Å². The summed E-state index contributed by atoms with van der Waals surface area (Å²) in [4.78, 5) is 58.8. The molecular formula is C24H32N6O5. The highest BCUT2D eigenvalue weighted by atomic mass is 16.5. The summed E-state index contributed by atoms with van der Waals surface area (Å²) in [7, 11) is 1.47. The lowest BCUT2D eigenvalue weighted by Gasteiger charge is -2.28. The molecule has 0 aliphatic carbocycles. The largest absolute Gasteiger partial charge is 0.357 e. The monoisotopic (exact) mass is 484 g/mol. The Bertz CT molecular complexity index is 986. The topological polar surface area (TPSA) is 162 Å². The number of amides is 4. The summed E-state index contributed by atoms with van der Waals surface area (Å²) in [5.74, 6) is -4.24. The van der Waals surface area contributed by atoms with Gasteiger partial charge in [-0.2, -0.15) is 0 Å². The molecule has 0 unspecified atom stereocenters. The van der Waals surface area contributed by atoms with Crippen LogP contribution in [-0.4, -0.2) is 58.4 Å². The highest BCUT2D eigenvalue weighted by Crippen LogP contribution is 2.22. The number of carbonyl (C=O) groups excluding carboxylic acids is 4. The van der Waals surface area contributed by atoms with Gasteiger partial charge in [0.05, 0.1) is 17.4 Å². The van der Waals surface area contributed by atoms with Gasteiger partial charge < -0.3 is 16.0 Å². The van der Waals surface area contributed by atoms with E-state index in [0.717, 1.165) is 5.56 Å². The van der Waals surface area contributed by atoms with Crippen LogP contribution in [-0.2, 0) is 20.8 Å². The van der Waals surface area contributed by atoms with Crippen molar-refractivity contribution >= 4 is 23.6 Å². The summed E-state index contributed by atoms with van der Waals surface area (Å²) < 4.78 is 0. The summed E-state index contributed by atoms with van der Waals surface area (Å²) in [6, 6.07) is 5.75. The third-order valence-electron chi connectivity index (χ3n) is 5.47. The van der Waals surface area contributed by atoms with Gasteiger partial charge in [0, 0.05) is 44.8 Å². The first-order valence-corrected chi connectivity index (χ1v) is 11.3. The van der Waals surface area contributed by atoms with Crippen molar-refractivity contribution in [1.82, 2.24) is 31.4 Å². The quantitative estimate of drug-likeness (QED) is 0.216. The molecule has 0 saturated heterocycles. The van der Waals surface area contributed by atoms with Gasteiger partial charge in [0.15, 0.2) is 0 Å². The maximum Gasteiger partial charge on any atom is 0.252 e. The fourth-order valence-electron chi connectivity index (χ4n) is 3.68. The number of nitrogens with one attached hydrogen (secondary N) is 4. The van der Waals surface area contributed by atoms with Crippen LogP contribution < -0.4 is 21.4 Å². The van der Waals surface area contributed by atoms with E-state index in [1.165, 1.54) is 19.4 Å². The molecule has 2 aromatic rings. The van der Waals surface area contributed by atoms with Crippen molar-refractivity contribution in [2.75, 3.05) is 13.6 Å². The van der Waals surface area contributed by atoms with Crippen LogP contribution in [0.2, 0.25) is 0 Å². The normalized spacial score (nSPS) is 13.3. The van der Waals surface area contributed by atoms with Crippen LogP contribution in [0.5, 0.6) is 0 Å². The lowest BCUT2D eigenvalue weighted by atomic mass is 9.83. The molecule has 188 valence electrons. The minimum absolute atomic E-state index is 0.00687. The second-order valence-corrected chi connectivity index (χ2v) is 8.51. The number of carbonyl (C=O) groups is 4. The Morgan fingerprint density at radius 2 is 1.66 bits per heavy atom. The maximum absolute atomic E-state index is 13.4. The van der Waals surface area contributed by atoms with E-state index in [-0.39, 0.29) is 30.9 Å². The molecular weight excluding hydrogens is 452 g/mol. The van der Waals surface area contributed by atoms with Gasteiger partial charge in [0.1, 0.15) is 6.04 Å². The van der Waals surface area contributed by atoms with Gasteiger partial charge in [-0.1, -0.05) is 13.8 Å². The fourth-order valence-corrected chi connectivity index (χ4v) is 3.68. The summed E-state index contributed by atoms with van der Waals surface area (Å²) in [6.45, 7) is 3.56. The van der Waals surface area contributed by atoms with Crippen LogP contribution in [0.25, 0.3) is 0 Å². The standard InChI is InChI=1S/C24H32N6O5/c1-15(2)11-18(19(23(33)30-35)14-28-21(31)17-5-4-8-27-13-17)22(32)29-20(24(34)25-3)12-16-6-9-26-10-7-16/h4-10,13,15,18-20,35H,11-12,14H2,1-3H3,(H,25,34)(H,28,31)(H,29,32)(H,30,33)/t18-,19+,20+/m1/s1. The summed E-state index contributed by atoms with van der Waals surface area (Å²) in [5, 5.41) is 17.2. The number of likely N-dealkylation sites (N-methyl/N-ethyl adjacent to an activating group) is 1. The average Bonchev–Trinajstić information content (AvgIpc) is 2.87. The van der Waals surface area contributed by atoms with Crippen LogP contribution in [0.4, 0.5) is 0 Å². The minimum atomic E-state index is -1.09. The molecule has 2 heterocycles. The van der Waals surface area contributed by atoms with Crippen LogP contribution in [0.1, 0.15) is 36.2 Å². The Morgan fingerprint density at radius 3 is 2.23 bits per heavy atom. The molecule has 2 rings (SSSR count). The van der Waals surface area contributed by atoms with E-state index >= 15 is 0 Å². The van der Waals surface area contributed by atoms with Gasteiger partial charge in [0.25, 0.3) is 5.91 Å². The zero-order valence-corrected chi connectivity index (χ0v) is 20.0. The SMILES string of the molecule is CNC(=O)[C@H](Cc1ccncc1)NC(=O)[C@H](CC(C)C)[C@H](CNC(=O)c1cccnc1)C(=O)NO. The molecule has 2 aromatic heterocycles. The van der Waals surface area contributed by atoms with E-state index < -0.39 is 41.5 Å². The molecule has 4 amide bonds. The van der Waals surface area contributed by atoms with Crippen LogP contribution in [0, 0.1) is 17.8 Å². The Morgan fingerprint density at radius 1 is 0.943 bits per heavy atom. The molecule has 35 heavy (non-hydrogen) atoms. The number of hydrogen-bond acceptors (Lipinski definition) is 7. The molecule has 3 atom stereocenters. The predicted octanol–water partition coefficient (Wildman–Crippen LogP) is 0.464. The van der Waals surface area contributed by atoms with E-state index in [2.05, 4.69) is 25.9 Å². The van der Waals surface area contributed by atoms with Crippen LogP contribution >= 0.6 is 0 Å². The van der Waals surface area contributed by atoms with Gasteiger partial charge in [-0.25, -0.2) is 5.48 Å². The Kier molecular flexibility index (Phi) is 10.8. The molecule has 11 nitrogen and oxygen atoms in total. The van der Waals surface area contributed by atoms with Gasteiger partial charge in [-0.05, 0) is 42.2 Å². The Hall–Kier alpha value is -3.86.